The molecule has 0 radical (unpaired) electrons. The Morgan fingerprint density at radius 2 is 2.26 bits per heavy atom. The number of amides is 1. The lowest BCUT2D eigenvalue weighted by atomic mass is 9.95. The lowest BCUT2D eigenvalue weighted by molar-refractivity contribution is 0.0918. The fourth-order valence-corrected chi connectivity index (χ4v) is 3.53. The van der Waals surface area contributed by atoms with Gasteiger partial charge in [0.15, 0.2) is 0 Å². The van der Waals surface area contributed by atoms with Crippen molar-refractivity contribution in [2.75, 3.05) is 13.1 Å². The second-order valence-corrected chi connectivity index (χ2v) is 6.28. The number of hydrogen-bond donors (Lipinski definition) is 2. The lowest BCUT2D eigenvalue weighted by Gasteiger charge is -2.30. The molecule has 0 spiro atoms. The van der Waals surface area contributed by atoms with Gasteiger partial charge in [0.1, 0.15) is 0 Å². The van der Waals surface area contributed by atoms with Gasteiger partial charge in [0.2, 0.25) is 0 Å². The fraction of sp³-hybridized carbons (Fsp3) is 0.400. The highest BCUT2D eigenvalue weighted by molar-refractivity contribution is 7.20. The van der Waals surface area contributed by atoms with E-state index in [9.17, 15) is 4.79 Å². The van der Waals surface area contributed by atoms with Gasteiger partial charge in [-0.05, 0) is 42.9 Å². The first-order valence-corrected chi connectivity index (χ1v) is 7.56. The van der Waals surface area contributed by atoms with Gasteiger partial charge >= 0.3 is 0 Å². The molecular weight excluding hydrogens is 256 g/mol. The number of piperidine rings is 1. The van der Waals surface area contributed by atoms with Crippen LogP contribution >= 0.6 is 11.3 Å². The Bertz CT molecular complexity index is 560. The topological polar surface area (TPSA) is 41.1 Å². The van der Waals surface area contributed by atoms with Crippen LogP contribution < -0.4 is 10.6 Å². The summed E-state index contributed by atoms with van der Waals surface area (Å²) in [5, 5.41) is 7.68. The van der Waals surface area contributed by atoms with Crippen LogP contribution in [0, 0.1) is 5.92 Å². The van der Waals surface area contributed by atoms with E-state index in [1.54, 1.807) is 11.3 Å². The summed E-state index contributed by atoms with van der Waals surface area (Å²) >= 11 is 1.57. The molecule has 2 N–H and O–H groups in total. The van der Waals surface area contributed by atoms with Gasteiger partial charge in [-0.25, -0.2) is 0 Å². The van der Waals surface area contributed by atoms with Crippen molar-refractivity contribution in [2.24, 2.45) is 5.92 Å². The van der Waals surface area contributed by atoms with Crippen molar-refractivity contribution in [3.63, 3.8) is 0 Å². The number of fused-ring (bicyclic) bond motifs is 1. The summed E-state index contributed by atoms with van der Waals surface area (Å²) in [6, 6.07) is 10.4. The molecule has 2 unspecified atom stereocenters. The normalized spacial score (nSPS) is 23.4. The molecular formula is C15H18N2OS. The Hall–Kier alpha value is -1.39. The average molecular weight is 274 g/mol. The maximum Gasteiger partial charge on any atom is 0.261 e. The van der Waals surface area contributed by atoms with E-state index in [-0.39, 0.29) is 5.91 Å². The van der Waals surface area contributed by atoms with Crippen LogP contribution in [0.5, 0.6) is 0 Å². The second kappa shape index (κ2) is 5.31. The Morgan fingerprint density at radius 3 is 3.05 bits per heavy atom. The minimum absolute atomic E-state index is 0.0694. The number of rotatable bonds is 2. The molecule has 2 atom stereocenters. The number of carbonyl (C=O) groups is 1. The first kappa shape index (κ1) is 12.6. The van der Waals surface area contributed by atoms with E-state index in [0.717, 1.165) is 29.8 Å². The van der Waals surface area contributed by atoms with Crippen LogP contribution in [0.1, 0.15) is 23.0 Å². The second-order valence-electron chi connectivity index (χ2n) is 5.20. The summed E-state index contributed by atoms with van der Waals surface area (Å²) < 4.78 is 1.17. The van der Waals surface area contributed by atoms with Gasteiger partial charge in [0.25, 0.3) is 5.91 Å². The molecule has 0 saturated carbocycles. The average Bonchev–Trinajstić information content (AvgIpc) is 2.85. The van der Waals surface area contributed by atoms with E-state index < -0.39 is 0 Å². The molecule has 1 aliphatic heterocycles. The summed E-state index contributed by atoms with van der Waals surface area (Å²) in [4.78, 5) is 13.1. The smallest absolute Gasteiger partial charge is 0.261 e. The molecule has 1 aromatic heterocycles. The van der Waals surface area contributed by atoms with Crippen molar-refractivity contribution in [1.29, 1.82) is 0 Å². The lowest BCUT2D eigenvalue weighted by Crippen LogP contribution is -2.48. The molecule has 0 bridgehead atoms. The largest absolute Gasteiger partial charge is 0.348 e. The van der Waals surface area contributed by atoms with Crippen LogP contribution in [0.2, 0.25) is 0 Å². The van der Waals surface area contributed by atoms with Crippen molar-refractivity contribution in [2.45, 2.75) is 19.4 Å². The summed E-state index contributed by atoms with van der Waals surface area (Å²) in [7, 11) is 0. The fourth-order valence-electron chi connectivity index (χ4n) is 2.56. The van der Waals surface area contributed by atoms with E-state index in [1.807, 2.05) is 18.2 Å². The number of carbonyl (C=O) groups excluding carboxylic acids is 1. The zero-order valence-corrected chi connectivity index (χ0v) is 11.8. The summed E-state index contributed by atoms with van der Waals surface area (Å²) in [6.07, 6.45) is 1.01. The maximum atomic E-state index is 12.3. The van der Waals surface area contributed by atoms with Crippen LogP contribution in [0.3, 0.4) is 0 Å². The molecule has 2 heterocycles. The van der Waals surface area contributed by atoms with E-state index in [1.165, 1.54) is 4.70 Å². The van der Waals surface area contributed by atoms with Gasteiger partial charge in [0.05, 0.1) is 4.88 Å². The van der Waals surface area contributed by atoms with Crippen LogP contribution in [0.15, 0.2) is 30.3 Å². The van der Waals surface area contributed by atoms with Crippen LogP contribution in [-0.4, -0.2) is 25.0 Å². The molecule has 1 aliphatic rings. The summed E-state index contributed by atoms with van der Waals surface area (Å²) in [5.74, 6) is 0.562. The van der Waals surface area contributed by atoms with Crippen molar-refractivity contribution in [3.8, 4) is 0 Å². The highest BCUT2D eigenvalue weighted by atomic mass is 32.1. The van der Waals surface area contributed by atoms with E-state index in [0.29, 0.717) is 12.0 Å². The van der Waals surface area contributed by atoms with Gasteiger partial charge in [-0.3, -0.25) is 4.79 Å². The van der Waals surface area contributed by atoms with Crippen molar-refractivity contribution < 1.29 is 4.79 Å². The summed E-state index contributed by atoms with van der Waals surface area (Å²) in [6.45, 7) is 4.15. The molecule has 19 heavy (non-hydrogen) atoms. The molecule has 3 rings (SSSR count). The predicted octanol–water partition coefficient (Wildman–Crippen LogP) is 2.63. The Balaban J connectivity index is 1.76. The molecule has 2 aromatic rings. The first-order valence-electron chi connectivity index (χ1n) is 6.74. The first-order chi connectivity index (χ1) is 9.24. The minimum atomic E-state index is 0.0694. The van der Waals surface area contributed by atoms with Crippen LogP contribution in [-0.2, 0) is 0 Å². The number of hydrogen-bond acceptors (Lipinski definition) is 3. The van der Waals surface area contributed by atoms with Crippen molar-refractivity contribution >= 4 is 27.3 Å². The third-order valence-corrected chi connectivity index (χ3v) is 4.87. The number of nitrogens with one attached hydrogen (secondary N) is 2. The highest BCUT2D eigenvalue weighted by Crippen LogP contribution is 2.25. The Kier molecular flexibility index (Phi) is 3.53. The molecule has 1 saturated heterocycles. The van der Waals surface area contributed by atoms with E-state index in [2.05, 4.69) is 29.7 Å². The van der Waals surface area contributed by atoms with Gasteiger partial charge in [0, 0.05) is 10.7 Å². The van der Waals surface area contributed by atoms with Crippen LogP contribution in [0.25, 0.3) is 10.1 Å². The minimum Gasteiger partial charge on any atom is -0.348 e. The molecule has 0 aliphatic carbocycles. The van der Waals surface area contributed by atoms with Gasteiger partial charge in [-0.15, -0.1) is 11.3 Å². The van der Waals surface area contributed by atoms with Gasteiger partial charge in [-0.1, -0.05) is 25.1 Å². The van der Waals surface area contributed by atoms with Crippen molar-refractivity contribution in [3.05, 3.63) is 35.2 Å². The SMILES string of the molecule is CC1CNCCC1NC(=O)c1cc2ccccc2s1. The molecule has 1 aromatic carbocycles. The van der Waals surface area contributed by atoms with Gasteiger partial charge in [-0.2, -0.15) is 0 Å². The third kappa shape index (κ3) is 2.65. The molecule has 4 heteroatoms. The molecule has 1 amide bonds. The van der Waals surface area contributed by atoms with E-state index in [4.69, 9.17) is 0 Å². The maximum absolute atomic E-state index is 12.3. The highest BCUT2D eigenvalue weighted by Gasteiger charge is 2.23. The van der Waals surface area contributed by atoms with Gasteiger partial charge < -0.3 is 10.6 Å². The van der Waals surface area contributed by atoms with E-state index >= 15 is 0 Å². The zero-order chi connectivity index (χ0) is 13.2. The zero-order valence-electron chi connectivity index (χ0n) is 11.0. The third-order valence-electron chi connectivity index (χ3n) is 3.75. The standard InChI is InChI=1S/C15H18N2OS/c1-10-9-16-7-6-12(10)17-15(18)14-8-11-4-2-3-5-13(11)19-14/h2-5,8,10,12,16H,6-7,9H2,1H3,(H,17,18). The monoisotopic (exact) mass is 274 g/mol. The number of thiophene rings is 1. The molecule has 1 fully saturated rings. The van der Waals surface area contributed by atoms with Crippen LogP contribution in [0.4, 0.5) is 0 Å². The molecule has 100 valence electrons. The Labute approximate surface area is 117 Å². The predicted molar refractivity (Wildman–Crippen MR) is 79.7 cm³/mol. The number of benzene rings is 1. The summed E-state index contributed by atoms with van der Waals surface area (Å²) in [5.41, 5.74) is 0. The Morgan fingerprint density at radius 1 is 1.42 bits per heavy atom. The quantitative estimate of drug-likeness (QED) is 0.884. The molecule has 3 nitrogen and oxygen atoms in total. The van der Waals surface area contributed by atoms with Crippen molar-refractivity contribution in [1.82, 2.24) is 10.6 Å².